The maximum absolute atomic E-state index is 12.7. The van der Waals surface area contributed by atoms with Crippen LogP contribution < -0.4 is 11.1 Å². The van der Waals surface area contributed by atoms with Crippen LogP contribution in [-0.4, -0.2) is 69.6 Å². The minimum atomic E-state index is -1.27. The van der Waals surface area contributed by atoms with Crippen molar-refractivity contribution in [2.24, 2.45) is 5.16 Å². The summed E-state index contributed by atoms with van der Waals surface area (Å²) >= 11 is 9.15. The molecule has 4 rings (SSSR count). The number of carbonyl (C=O) groups is 3. The molecule has 1 fully saturated rings. The first kappa shape index (κ1) is 22.2. The molecule has 1 saturated heterocycles. The SMILES string of the molecule is Nc1nc(/C(=N/O)C(=O)N[C@@H]2C(=O)N3C(C(=O)O)=C(/C=C/c4cnsn4)CS[C@H]23)c(Cl)s1. The van der Waals surface area contributed by atoms with Crippen LogP contribution in [0.3, 0.4) is 0 Å². The van der Waals surface area contributed by atoms with Crippen molar-refractivity contribution in [1.82, 2.24) is 23.9 Å². The summed E-state index contributed by atoms with van der Waals surface area (Å²) < 4.78 is 7.93. The van der Waals surface area contributed by atoms with Gasteiger partial charge in [0.25, 0.3) is 11.8 Å². The fourth-order valence-corrected chi connectivity index (χ4v) is 5.73. The second-order valence-corrected chi connectivity index (χ2v) is 9.62. The van der Waals surface area contributed by atoms with Gasteiger partial charge in [-0.2, -0.15) is 8.75 Å². The van der Waals surface area contributed by atoms with Crippen LogP contribution in [-0.2, 0) is 14.4 Å². The van der Waals surface area contributed by atoms with E-state index in [9.17, 15) is 24.7 Å². The smallest absolute Gasteiger partial charge is 0.352 e. The Kier molecular flexibility index (Phi) is 6.14. The molecule has 2 aromatic rings. The van der Waals surface area contributed by atoms with Gasteiger partial charge in [-0.3, -0.25) is 14.5 Å². The van der Waals surface area contributed by atoms with E-state index < -0.39 is 34.9 Å². The van der Waals surface area contributed by atoms with Gasteiger partial charge < -0.3 is 21.4 Å². The molecule has 0 bridgehead atoms. The van der Waals surface area contributed by atoms with Gasteiger partial charge in [-0.15, -0.1) is 11.8 Å². The van der Waals surface area contributed by atoms with Crippen LogP contribution in [0, 0.1) is 0 Å². The number of fused-ring (bicyclic) bond motifs is 1. The van der Waals surface area contributed by atoms with E-state index >= 15 is 0 Å². The molecule has 166 valence electrons. The zero-order valence-corrected chi connectivity index (χ0v) is 18.8. The molecule has 2 aromatic heterocycles. The second kappa shape index (κ2) is 8.85. The van der Waals surface area contributed by atoms with Gasteiger partial charge in [-0.1, -0.05) is 34.2 Å². The third kappa shape index (κ3) is 3.94. The van der Waals surface area contributed by atoms with Crippen molar-refractivity contribution in [3.8, 4) is 0 Å². The van der Waals surface area contributed by atoms with Gasteiger partial charge in [0.05, 0.1) is 23.6 Å². The van der Waals surface area contributed by atoms with E-state index in [1.165, 1.54) is 18.0 Å². The highest BCUT2D eigenvalue weighted by molar-refractivity contribution is 8.00. The van der Waals surface area contributed by atoms with Gasteiger partial charge in [0, 0.05) is 5.75 Å². The molecule has 0 radical (unpaired) electrons. The molecule has 12 nitrogen and oxygen atoms in total. The van der Waals surface area contributed by atoms with E-state index in [4.69, 9.17) is 17.3 Å². The molecule has 4 heterocycles. The number of nitrogens with zero attached hydrogens (tertiary/aromatic N) is 5. The summed E-state index contributed by atoms with van der Waals surface area (Å²) in [4.78, 5) is 42.2. The van der Waals surface area contributed by atoms with E-state index in [0.29, 0.717) is 11.3 Å². The number of thioether (sulfide) groups is 1. The van der Waals surface area contributed by atoms with Crippen molar-refractivity contribution < 1.29 is 24.7 Å². The highest BCUT2D eigenvalue weighted by atomic mass is 35.5. The number of β-lactam (4-membered cyclic amide) rings is 1. The predicted octanol–water partition coefficient (Wildman–Crippen LogP) is 0.861. The highest BCUT2D eigenvalue weighted by Crippen LogP contribution is 2.41. The van der Waals surface area contributed by atoms with E-state index in [2.05, 4.69) is 24.2 Å². The van der Waals surface area contributed by atoms with Crippen molar-refractivity contribution in [2.75, 3.05) is 11.5 Å². The number of halogens is 1. The Hall–Kier alpha value is -3.01. The first-order valence-electron chi connectivity index (χ1n) is 8.63. The number of carboxylic acids is 1. The Bertz CT molecular complexity index is 1190. The van der Waals surface area contributed by atoms with Crippen LogP contribution in [0.5, 0.6) is 0 Å². The Balaban J connectivity index is 1.53. The molecule has 0 aromatic carbocycles. The van der Waals surface area contributed by atoms with Gasteiger partial charge >= 0.3 is 5.97 Å². The average molecular weight is 514 g/mol. The van der Waals surface area contributed by atoms with Gasteiger partial charge in [0.15, 0.2) is 10.8 Å². The molecule has 2 amide bonds. The van der Waals surface area contributed by atoms with Crippen molar-refractivity contribution in [3.63, 3.8) is 0 Å². The number of hydrogen-bond acceptors (Lipinski definition) is 12. The molecule has 2 aliphatic rings. The molecule has 0 aliphatic carbocycles. The number of hydrogen-bond donors (Lipinski definition) is 4. The summed E-state index contributed by atoms with van der Waals surface area (Å²) in [6.07, 6.45) is 4.72. The summed E-state index contributed by atoms with van der Waals surface area (Å²) in [5.41, 5.74) is 5.74. The Morgan fingerprint density at radius 3 is 2.78 bits per heavy atom. The molecular weight excluding hydrogens is 502 g/mol. The summed E-state index contributed by atoms with van der Waals surface area (Å²) in [6.45, 7) is 0. The Morgan fingerprint density at radius 1 is 1.41 bits per heavy atom. The summed E-state index contributed by atoms with van der Waals surface area (Å²) in [5, 5.41) is 23.8. The largest absolute Gasteiger partial charge is 0.477 e. The quantitative estimate of drug-likeness (QED) is 0.187. The number of anilines is 1. The summed E-state index contributed by atoms with van der Waals surface area (Å²) in [5.74, 6) is -2.51. The van der Waals surface area contributed by atoms with Crippen molar-refractivity contribution in [3.05, 3.63) is 39.3 Å². The van der Waals surface area contributed by atoms with Crippen molar-refractivity contribution in [1.29, 1.82) is 0 Å². The molecule has 16 heteroatoms. The molecular formula is C16H12ClN7O5S3. The standard InChI is InChI=1S/C16H12ClN7O5S3/c17-11-7(21-16(18)31-11)8(22-29)12(25)20-9-13(26)24-10(15(27)28)5(4-30-14(9)24)1-2-6-3-19-32-23-6/h1-3,9,14,29H,4H2,(H2,18,21)(H,20,25)(H,27,28)/b2-1+,22-8-/t9-,14-/m1/s1. The number of oxime groups is 1. The van der Waals surface area contributed by atoms with Crippen LogP contribution in [0.4, 0.5) is 5.13 Å². The van der Waals surface area contributed by atoms with Crippen molar-refractivity contribution >= 4 is 81.1 Å². The lowest BCUT2D eigenvalue weighted by Crippen LogP contribution is -2.71. The fourth-order valence-electron chi connectivity index (χ4n) is 3.08. The molecule has 2 atom stereocenters. The Morgan fingerprint density at radius 2 is 2.19 bits per heavy atom. The number of carboxylic acid groups (broad SMARTS) is 1. The lowest BCUT2D eigenvalue weighted by molar-refractivity contribution is -0.150. The summed E-state index contributed by atoms with van der Waals surface area (Å²) in [7, 11) is 0. The highest BCUT2D eigenvalue weighted by Gasteiger charge is 2.54. The second-order valence-electron chi connectivity index (χ2n) is 6.33. The van der Waals surface area contributed by atoms with E-state index in [1.807, 2.05) is 0 Å². The minimum absolute atomic E-state index is 0.0434. The summed E-state index contributed by atoms with van der Waals surface area (Å²) in [6, 6.07) is -1.03. The van der Waals surface area contributed by atoms with Crippen LogP contribution in [0.1, 0.15) is 11.4 Å². The number of allylic oxidation sites excluding steroid dienone is 1. The topological polar surface area (TPSA) is 184 Å². The van der Waals surface area contributed by atoms with Gasteiger partial charge in [-0.05, 0) is 11.6 Å². The fraction of sp³-hybridized carbons (Fsp3) is 0.188. The number of thiazole rings is 1. The molecule has 0 saturated carbocycles. The molecule has 2 aliphatic heterocycles. The number of carbonyl (C=O) groups excluding carboxylic acids is 2. The molecule has 0 unspecified atom stereocenters. The zero-order valence-electron chi connectivity index (χ0n) is 15.6. The van der Waals surface area contributed by atoms with Crippen LogP contribution in [0.15, 0.2) is 28.7 Å². The molecule has 0 spiro atoms. The van der Waals surface area contributed by atoms with Crippen LogP contribution in [0.2, 0.25) is 4.34 Å². The maximum atomic E-state index is 12.7. The predicted molar refractivity (Wildman–Crippen MR) is 118 cm³/mol. The molecule has 5 N–H and O–H groups in total. The number of nitrogens with two attached hydrogens (primary N) is 1. The van der Waals surface area contributed by atoms with Crippen molar-refractivity contribution in [2.45, 2.75) is 11.4 Å². The van der Waals surface area contributed by atoms with E-state index in [1.54, 1.807) is 12.2 Å². The van der Waals surface area contributed by atoms with E-state index in [0.717, 1.165) is 28.0 Å². The normalized spacial score (nSPS) is 21.0. The molecule has 32 heavy (non-hydrogen) atoms. The van der Waals surface area contributed by atoms with E-state index in [-0.39, 0.29) is 26.6 Å². The average Bonchev–Trinajstić information content (AvgIpc) is 3.39. The lowest BCUT2D eigenvalue weighted by Gasteiger charge is -2.49. The maximum Gasteiger partial charge on any atom is 0.352 e. The number of nitrogens with one attached hydrogen (secondary N) is 1. The van der Waals surface area contributed by atoms with Gasteiger partial charge in [0.2, 0.25) is 0 Å². The van der Waals surface area contributed by atoms with Gasteiger partial charge in [-0.25, -0.2) is 9.78 Å². The lowest BCUT2D eigenvalue weighted by atomic mass is 10.0. The number of nitrogen functional groups attached to an aromatic ring is 1. The Labute approximate surface area is 196 Å². The zero-order chi connectivity index (χ0) is 23.0. The number of rotatable bonds is 6. The number of amides is 2. The number of aliphatic carboxylic acids is 1. The monoisotopic (exact) mass is 513 g/mol. The first-order valence-corrected chi connectivity index (χ1v) is 11.6. The minimum Gasteiger partial charge on any atom is -0.477 e. The third-order valence-electron chi connectivity index (χ3n) is 4.46. The van der Waals surface area contributed by atoms with Crippen LogP contribution >= 0.6 is 46.4 Å². The first-order chi connectivity index (χ1) is 15.3. The number of aromatic nitrogens is 3. The third-order valence-corrected chi connectivity index (χ3v) is 7.34. The van der Waals surface area contributed by atoms with Gasteiger partial charge in [0.1, 0.15) is 27.1 Å². The van der Waals surface area contributed by atoms with Crippen LogP contribution in [0.25, 0.3) is 6.08 Å².